The highest BCUT2D eigenvalue weighted by Gasteiger charge is 2.17. The van der Waals surface area contributed by atoms with Gasteiger partial charge >= 0.3 is 24.1 Å². The van der Waals surface area contributed by atoms with Crippen molar-refractivity contribution in [2.45, 2.75) is 110 Å². The lowest BCUT2D eigenvalue weighted by molar-refractivity contribution is -0.146. The lowest BCUT2D eigenvalue weighted by Gasteiger charge is -2.24. The summed E-state index contributed by atoms with van der Waals surface area (Å²) in [5.74, 6) is 0.823. The third-order valence-electron chi connectivity index (χ3n) is 12.1. The van der Waals surface area contributed by atoms with Crippen LogP contribution >= 0.6 is 11.6 Å². The molecule has 0 saturated carbocycles. The molecule has 476 valence electrons. The number of aryl methyl sites for hydroxylation is 1. The number of rotatable bonds is 49. The summed E-state index contributed by atoms with van der Waals surface area (Å²) in [6, 6.07) is 19.2. The molecule has 3 aromatic rings. The standard InChI is InChI=1S/C34H45N5O7.C27H48ClNO10/c1-3-43-19-20-44-21-22-45-34(42)36-17-18-39(24-27-16-15-26(2)31(23-27)37-38-35)33(41)14-7-5-11-29(40)25-46-32-13-8-10-28-9-4-6-12-30(28)32;1-2-10-25(30)37-16-7-8-17-39-27(32)29-13-18-35-21-22-36-23-24-38-26(31)11-9-15-34-20-19-33-14-6-4-3-5-12-28/h4,6,8-10,12-13,15-16,23,29,40H,3,5,7,11,14,17-22,24-25H2,1-2H3,(H,36,42);7-8H,2-6,9-24H2,1H3,(H,29,32)/b;8-7+/t29-;/m0./s1. The number of aliphatic hydroxyl groups excluding tert-OH is 1. The van der Waals surface area contributed by atoms with Crippen LogP contribution in [0.25, 0.3) is 21.2 Å². The number of nitrogens with one attached hydrogen (secondary N) is 2. The van der Waals surface area contributed by atoms with Crippen molar-refractivity contribution in [3.63, 3.8) is 0 Å². The van der Waals surface area contributed by atoms with Crippen molar-refractivity contribution in [1.29, 1.82) is 0 Å². The van der Waals surface area contributed by atoms with E-state index in [0.717, 1.165) is 72.2 Å². The smallest absolute Gasteiger partial charge is 0.407 e. The van der Waals surface area contributed by atoms with E-state index in [4.69, 9.17) is 69.2 Å². The second kappa shape index (κ2) is 52.1. The molecule has 1 atom stereocenters. The molecule has 24 heteroatoms. The van der Waals surface area contributed by atoms with Gasteiger partial charge in [0.25, 0.3) is 0 Å². The SMILES string of the molecule is CCCC(=O)OC/C=C/COC(=O)NCCOCCOCCOC(=O)CCCOCCOCCCCCCCl.CCOCCOCCOC(=O)NCCN(Cc1ccc(C)c(N=[N+]=[N-])c1)C(=O)CCCC[C@H](O)COc1cccc2ccccc12. The van der Waals surface area contributed by atoms with Crippen molar-refractivity contribution in [1.82, 2.24) is 15.5 Å². The second-order valence-electron chi connectivity index (χ2n) is 19.0. The fourth-order valence-electron chi connectivity index (χ4n) is 7.58. The topological polar surface area (TPSA) is 283 Å². The van der Waals surface area contributed by atoms with Crippen LogP contribution in [0.2, 0.25) is 0 Å². The molecule has 0 bridgehead atoms. The van der Waals surface area contributed by atoms with Gasteiger partial charge in [0, 0.05) is 87.1 Å². The zero-order valence-electron chi connectivity index (χ0n) is 50.2. The van der Waals surface area contributed by atoms with Gasteiger partial charge in [0.15, 0.2) is 0 Å². The predicted molar refractivity (Wildman–Crippen MR) is 323 cm³/mol. The molecule has 0 heterocycles. The van der Waals surface area contributed by atoms with Gasteiger partial charge in [-0.25, -0.2) is 9.59 Å². The van der Waals surface area contributed by atoms with Gasteiger partial charge < -0.3 is 72.7 Å². The Labute approximate surface area is 506 Å². The number of alkyl carbamates (subject to hydrolysis) is 2. The van der Waals surface area contributed by atoms with E-state index in [0.29, 0.717) is 110 Å². The van der Waals surface area contributed by atoms with E-state index in [1.165, 1.54) is 0 Å². The quantitative estimate of drug-likeness (QED) is 0.00692. The molecular formula is C61H93ClN6O17. The number of halogens is 1. The lowest BCUT2D eigenvalue weighted by atomic mass is 10.1. The molecular weight excluding hydrogens is 1120 g/mol. The Morgan fingerprint density at radius 1 is 0.647 bits per heavy atom. The molecule has 3 rings (SSSR count). The minimum absolute atomic E-state index is 0.0796. The van der Waals surface area contributed by atoms with E-state index in [-0.39, 0.29) is 90.1 Å². The van der Waals surface area contributed by atoms with Gasteiger partial charge in [0.1, 0.15) is 38.8 Å². The van der Waals surface area contributed by atoms with E-state index in [9.17, 15) is 29.1 Å². The summed E-state index contributed by atoms with van der Waals surface area (Å²) < 4.78 is 58.2. The van der Waals surface area contributed by atoms with Crippen LogP contribution in [-0.2, 0) is 68.3 Å². The van der Waals surface area contributed by atoms with Crippen molar-refractivity contribution < 1.29 is 81.2 Å². The van der Waals surface area contributed by atoms with Gasteiger partial charge in [-0.15, -0.1) is 11.6 Å². The van der Waals surface area contributed by atoms with Crippen molar-refractivity contribution in [3.05, 3.63) is 94.4 Å². The number of carbonyl (C=O) groups excluding carboxylic acids is 5. The fourth-order valence-corrected chi connectivity index (χ4v) is 7.77. The highest BCUT2D eigenvalue weighted by atomic mass is 35.5. The third-order valence-corrected chi connectivity index (χ3v) is 12.3. The summed E-state index contributed by atoms with van der Waals surface area (Å²) in [7, 11) is 0. The van der Waals surface area contributed by atoms with Crippen molar-refractivity contribution >= 4 is 58.1 Å². The molecule has 85 heavy (non-hydrogen) atoms. The molecule has 3 aromatic carbocycles. The molecule has 0 aliphatic rings. The molecule has 23 nitrogen and oxygen atoms in total. The number of alkyl halides is 1. The van der Waals surface area contributed by atoms with E-state index in [2.05, 4.69) is 20.7 Å². The minimum atomic E-state index is -0.665. The first-order chi connectivity index (χ1) is 41.5. The van der Waals surface area contributed by atoms with Crippen LogP contribution in [0.1, 0.15) is 102 Å². The van der Waals surface area contributed by atoms with Crippen molar-refractivity contribution in [2.24, 2.45) is 5.11 Å². The van der Waals surface area contributed by atoms with Gasteiger partial charge in [-0.05, 0) is 98.7 Å². The zero-order valence-corrected chi connectivity index (χ0v) is 50.9. The molecule has 0 aliphatic heterocycles. The predicted octanol–water partition coefficient (Wildman–Crippen LogP) is 10.00. The number of carbonyl (C=O) groups is 5. The number of ether oxygens (including phenoxy) is 11. The number of nitrogens with zero attached hydrogens (tertiary/aromatic N) is 4. The summed E-state index contributed by atoms with van der Waals surface area (Å²) in [4.78, 5) is 64.3. The van der Waals surface area contributed by atoms with Crippen LogP contribution in [0.5, 0.6) is 5.75 Å². The number of unbranched alkanes of at least 4 members (excludes halogenated alkanes) is 4. The lowest BCUT2D eigenvalue weighted by Crippen LogP contribution is -2.38. The summed E-state index contributed by atoms with van der Waals surface area (Å²) in [5.41, 5.74) is 11.0. The number of hydrogen-bond donors (Lipinski definition) is 3. The average Bonchev–Trinajstić information content (AvgIpc) is 3.66. The highest BCUT2D eigenvalue weighted by Crippen LogP contribution is 2.26. The Balaban J connectivity index is 0.000000590. The Morgan fingerprint density at radius 3 is 2.00 bits per heavy atom. The Hall–Kier alpha value is -6.27. The van der Waals surface area contributed by atoms with E-state index in [1.807, 2.05) is 75.4 Å². The first kappa shape index (κ1) is 74.8. The van der Waals surface area contributed by atoms with Gasteiger partial charge in [-0.2, -0.15) is 0 Å². The van der Waals surface area contributed by atoms with Crippen LogP contribution in [0.4, 0.5) is 15.3 Å². The summed E-state index contributed by atoms with van der Waals surface area (Å²) >= 11 is 5.63. The largest absolute Gasteiger partial charge is 0.490 e. The number of esters is 2. The first-order valence-electron chi connectivity index (χ1n) is 29.5. The van der Waals surface area contributed by atoms with E-state index < -0.39 is 18.3 Å². The number of amides is 3. The van der Waals surface area contributed by atoms with Gasteiger partial charge in [0.2, 0.25) is 5.91 Å². The Morgan fingerprint density at radius 2 is 1.27 bits per heavy atom. The number of aliphatic hydroxyl groups is 1. The maximum Gasteiger partial charge on any atom is 0.407 e. The first-order valence-corrected chi connectivity index (χ1v) is 30.0. The van der Waals surface area contributed by atoms with Gasteiger partial charge in [-0.3, -0.25) is 14.4 Å². The summed E-state index contributed by atoms with van der Waals surface area (Å²) in [6.07, 6.45) is 9.78. The fraction of sp³-hybridized carbons (Fsp3) is 0.623. The third kappa shape index (κ3) is 40.6. The molecule has 0 aliphatic carbocycles. The van der Waals surface area contributed by atoms with Gasteiger partial charge in [0.05, 0.1) is 65.6 Å². The molecule has 3 N–H and O–H groups in total. The van der Waals surface area contributed by atoms with Crippen LogP contribution in [0.15, 0.2) is 77.9 Å². The number of azide groups is 1. The van der Waals surface area contributed by atoms with Gasteiger partial charge in [-0.1, -0.05) is 79.8 Å². The average molecular weight is 1220 g/mol. The minimum Gasteiger partial charge on any atom is -0.490 e. The van der Waals surface area contributed by atoms with E-state index >= 15 is 0 Å². The zero-order chi connectivity index (χ0) is 61.6. The van der Waals surface area contributed by atoms with Crippen LogP contribution in [0, 0.1) is 6.92 Å². The normalized spacial score (nSPS) is 11.3. The number of benzene rings is 3. The van der Waals surface area contributed by atoms with Crippen molar-refractivity contribution in [2.75, 3.05) is 138 Å². The monoisotopic (exact) mass is 1220 g/mol. The summed E-state index contributed by atoms with van der Waals surface area (Å²) in [6.45, 7) is 12.7. The van der Waals surface area contributed by atoms with Crippen molar-refractivity contribution in [3.8, 4) is 5.75 Å². The van der Waals surface area contributed by atoms with Crippen LogP contribution in [-0.4, -0.2) is 184 Å². The maximum absolute atomic E-state index is 13.3. The van der Waals surface area contributed by atoms with Crippen LogP contribution in [0.3, 0.4) is 0 Å². The Kier molecular flexibility index (Phi) is 45.9. The summed E-state index contributed by atoms with van der Waals surface area (Å²) in [5, 5.41) is 21.6. The number of hydrogen-bond acceptors (Lipinski definition) is 18. The number of fused-ring (bicyclic) bond motifs is 1. The van der Waals surface area contributed by atoms with E-state index in [1.54, 1.807) is 23.1 Å². The molecule has 0 fully saturated rings. The second-order valence-corrected chi connectivity index (χ2v) is 19.4. The maximum atomic E-state index is 13.3. The highest BCUT2D eigenvalue weighted by molar-refractivity contribution is 6.17. The van der Waals surface area contributed by atoms with Crippen LogP contribution < -0.4 is 15.4 Å². The molecule has 0 radical (unpaired) electrons. The Bertz CT molecular complexity index is 2340. The molecule has 0 aromatic heterocycles. The molecule has 0 spiro atoms. The molecule has 0 unspecified atom stereocenters. The molecule has 3 amide bonds. The molecule has 0 saturated heterocycles.